The lowest BCUT2D eigenvalue weighted by molar-refractivity contribution is 0.0558. The minimum absolute atomic E-state index is 0.0175. The fraction of sp³-hybridized carbons (Fsp3) is 0.562. The van der Waals surface area contributed by atoms with Gasteiger partial charge >= 0.3 is 0 Å². The van der Waals surface area contributed by atoms with Crippen molar-refractivity contribution >= 4 is 5.91 Å². The Balaban J connectivity index is 2.17. The van der Waals surface area contributed by atoms with E-state index in [1.165, 1.54) is 13.2 Å². The highest BCUT2D eigenvalue weighted by Gasteiger charge is 2.30. The Morgan fingerprint density at radius 3 is 2.86 bits per heavy atom. The second-order valence-corrected chi connectivity index (χ2v) is 5.57. The summed E-state index contributed by atoms with van der Waals surface area (Å²) in [5.41, 5.74) is 6.31. The molecule has 2 unspecified atom stereocenters. The summed E-state index contributed by atoms with van der Waals surface area (Å²) in [6, 6.07) is 4.83. The first-order chi connectivity index (χ1) is 10.1. The molecule has 0 aliphatic carbocycles. The van der Waals surface area contributed by atoms with Gasteiger partial charge in [0.25, 0.3) is 5.91 Å². The number of methoxy groups -OCH3 is 1. The van der Waals surface area contributed by atoms with Gasteiger partial charge in [0.15, 0.2) is 11.5 Å². The van der Waals surface area contributed by atoms with Crippen molar-refractivity contribution in [3.63, 3.8) is 0 Å². The molecule has 5 nitrogen and oxygen atoms in total. The molecule has 1 heterocycles. The van der Waals surface area contributed by atoms with Crippen LogP contribution in [0.2, 0.25) is 0 Å². The zero-order valence-electron chi connectivity index (χ0n) is 12.7. The molecule has 0 radical (unpaired) electrons. The maximum atomic E-state index is 12.6. The minimum Gasteiger partial charge on any atom is -0.504 e. The van der Waals surface area contributed by atoms with Crippen LogP contribution in [-0.2, 0) is 0 Å². The molecule has 1 aliphatic heterocycles. The maximum absolute atomic E-state index is 12.6. The van der Waals surface area contributed by atoms with Gasteiger partial charge in [-0.2, -0.15) is 0 Å². The quantitative estimate of drug-likeness (QED) is 0.890. The Labute approximate surface area is 125 Å². The predicted molar refractivity (Wildman–Crippen MR) is 81.6 cm³/mol. The third kappa shape index (κ3) is 3.29. The molecule has 1 saturated heterocycles. The van der Waals surface area contributed by atoms with Crippen LogP contribution in [0.5, 0.6) is 11.5 Å². The van der Waals surface area contributed by atoms with E-state index in [1.54, 1.807) is 12.1 Å². The summed E-state index contributed by atoms with van der Waals surface area (Å²) in [7, 11) is 1.48. The third-order valence-electron chi connectivity index (χ3n) is 4.36. The van der Waals surface area contributed by atoms with Gasteiger partial charge in [-0.3, -0.25) is 4.79 Å². The molecular formula is C16H24N2O3. The van der Waals surface area contributed by atoms with Gasteiger partial charge < -0.3 is 20.5 Å². The van der Waals surface area contributed by atoms with Gasteiger partial charge in [0, 0.05) is 24.7 Å². The number of carbonyl (C=O) groups is 1. The van der Waals surface area contributed by atoms with E-state index in [9.17, 15) is 9.90 Å². The Morgan fingerprint density at radius 1 is 1.52 bits per heavy atom. The highest BCUT2D eigenvalue weighted by atomic mass is 16.5. The van der Waals surface area contributed by atoms with Crippen molar-refractivity contribution in [3.05, 3.63) is 23.8 Å². The molecule has 2 atom stereocenters. The van der Waals surface area contributed by atoms with E-state index in [0.717, 1.165) is 25.8 Å². The number of aromatic hydroxyl groups is 1. The number of likely N-dealkylation sites (tertiary alicyclic amines) is 1. The van der Waals surface area contributed by atoms with Crippen LogP contribution in [0.25, 0.3) is 0 Å². The summed E-state index contributed by atoms with van der Waals surface area (Å²) in [6.07, 6.45) is 3.10. The van der Waals surface area contributed by atoms with Crippen LogP contribution in [0.15, 0.2) is 18.2 Å². The van der Waals surface area contributed by atoms with E-state index in [2.05, 4.69) is 6.92 Å². The molecule has 0 spiro atoms. The van der Waals surface area contributed by atoms with Crippen molar-refractivity contribution in [2.24, 2.45) is 11.7 Å². The van der Waals surface area contributed by atoms with E-state index < -0.39 is 0 Å². The van der Waals surface area contributed by atoms with Crippen LogP contribution in [0.3, 0.4) is 0 Å². The lowest BCUT2D eigenvalue weighted by atomic mass is 9.88. The Hall–Kier alpha value is -1.75. The number of piperidine rings is 1. The molecule has 1 fully saturated rings. The van der Waals surface area contributed by atoms with Gasteiger partial charge in [0.2, 0.25) is 0 Å². The maximum Gasteiger partial charge on any atom is 0.254 e. The lowest BCUT2D eigenvalue weighted by Gasteiger charge is -2.39. The highest BCUT2D eigenvalue weighted by molar-refractivity contribution is 5.95. The number of ether oxygens (including phenoxy) is 1. The number of carbonyl (C=O) groups excluding carboxylic acids is 1. The highest BCUT2D eigenvalue weighted by Crippen LogP contribution is 2.29. The second-order valence-electron chi connectivity index (χ2n) is 5.57. The molecule has 0 bridgehead atoms. The molecule has 1 aromatic rings. The van der Waals surface area contributed by atoms with Crippen molar-refractivity contribution in [1.82, 2.24) is 4.90 Å². The van der Waals surface area contributed by atoms with E-state index in [-0.39, 0.29) is 17.7 Å². The number of hydrogen-bond acceptors (Lipinski definition) is 4. The Kier molecular flexibility index (Phi) is 5.07. The Bertz CT molecular complexity index is 504. The van der Waals surface area contributed by atoms with E-state index in [4.69, 9.17) is 10.5 Å². The first-order valence-corrected chi connectivity index (χ1v) is 7.48. The van der Waals surface area contributed by atoms with Crippen LogP contribution < -0.4 is 10.5 Å². The fourth-order valence-electron chi connectivity index (χ4n) is 2.98. The van der Waals surface area contributed by atoms with Crippen molar-refractivity contribution in [2.45, 2.75) is 32.2 Å². The van der Waals surface area contributed by atoms with Crippen molar-refractivity contribution in [2.75, 3.05) is 20.2 Å². The van der Waals surface area contributed by atoms with E-state index in [1.807, 2.05) is 4.90 Å². The monoisotopic (exact) mass is 292 g/mol. The first-order valence-electron chi connectivity index (χ1n) is 7.48. The largest absolute Gasteiger partial charge is 0.504 e. The van der Waals surface area contributed by atoms with Crippen LogP contribution in [-0.4, -0.2) is 42.2 Å². The number of nitrogens with zero attached hydrogens (tertiary/aromatic N) is 1. The summed E-state index contributed by atoms with van der Waals surface area (Å²) in [4.78, 5) is 14.5. The van der Waals surface area contributed by atoms with Crippen LogP contribution >= 0.6 is 0 Å². The molecule has 1 aromatic carbocycles. The number of benzene rings is 1. The van der Waals surface area contributed by atoms with Gasteiger partial charge in [0.05, 0.1) is 7.11 Å². The van der Waals surface area contributed by atoms with Gasteiger partial charge in [0.1, 0.15) is 0 Å². The topological polar surface area (TPSA) is 75.8 Å². The number of hydrogen-bond donors (Lipinski definition) is 2. The summed E-state index contributed by atoms with van der Waals surface area (Å²) >= 11 is 0. The lowest BCUT2D eigenvalue weighted by Crippen LogP contribution is -2.49. The summed E-state index contributed by atoms with van der Waals surface area (Å²) < 4.78 is 5.00. The molecular weight excluding hydrogens is 268 g/mol. The van der Waals surface area contributed by atoms with Gasteiger partial charge in [-0.25, -0.2) is 0 Å². The third-order valence-corrected chi connectivity index (χ3v) is 4.36. The number of rotatable bonds is 4. The first kappa shape index (κ1) is 15.6. The van der Waals surface area contributed by atoms with Crippen LogP contribution in [0, 0.1) is 5.92 Å². The van der Waals surface area contributed by atoms with Crippen LogP contribution in [0.4, 0.5) is 0 Å². The zero-order chi connectivity index (χ0) is 15.4. The van der Waals surface area contributed by atoms with Crippen LogP contribution in [0.1, 0.15) is 36.5 Å². The smallest absolute Gasteiger partial charge is 0.254 e. The summed E-state index contributed by atoms with van der Waals surface area (Å²) in [5.74, 6) is 0.924. The minimum atomic E-state index is -0.0713. The molecule has 5 heteroatoms. The standard InChI is InChI=1S/C16H24N2O3/c1-3-11-6-7-18(13(8-11)10-17)16(20)12-4-5-15(21-2)14(19)9-12/h4-5,9,11,13,19H,3,6-8,10,17H2,1-2H3. The molecule has 0 saturated carbocycles. The molecule has 3 N–H and O–H groups in total. The summed E-state index contributed by atoms with van der Waals surface area (Å²) in [6.45, 7) is 3.38. The van der Waals surface area contributed by atoms with Gasteiger partial charge in [-0.1, -0.05) is 13.3 Å². The summed E-state index contributed by atoms with van der Waals surface area (Å²) in [5, 5.41) is 9.82. The van der Waals surface area contributed by atoms with E-state index in [0.29, 0.717) is 23.8 Å². The molecule has 116 valence electrons. The van der Waals surface area contributed by atoms with Crippen molar-refractivity contribution in [1.29, 1.82) is 0 Å². The molecule has 2 rings (SSSR count). The second kappa shape index (κ2) is 6.80. The molecule has 0 aromatic heterocycles. The number of nitrogens with two attached hydrogens (primary N) is 1. The molecule has 1 amide bonds. The van der Waals surface area contributed by atoms with Gasteiger partial charge in [-0.15, -0.1) is 0 Å². The number of phenols is 1. The number of phenolic OH excluding ortho intramolecular Hbond substituents is 1. The zero-order valence-corrected chi connectivity index (χ0v) is 12.7. The average Bonchev–Trinajstić information content (AvgIpc) is 2.53. The van der Waals surface area contributed by atoms with Crippen molar-refractivity contribution in [3.8, 4) is 11.5 Å². The average molecular weight is 292 g/mol. The SMILES string of the molecule is CCC1CCN(C(=O)c2ccc(OC)c(O)c2)C(CN)C1. The normalized spacial score (nSPS) is 22.1. The van der Waals surface area contributed by atoms with Crippen molar-refractivity contribution < 1.29 is 14.6 Å². The predicted octanol–water partition coefficient (Wildman–Crippen LogP) is 1.99. The molecule has 21 heavy (non-hydrogen) atoms. The number of amides is 1. The van der Waals surface area contributed by atoms with Gasteiger partial charge in [-0.05, 0) is 37.0 Å². The Morgan fingerprint density at radius 2 is 2.29 bits per heavy atom. The van der Waals surface area contributed by atoms with E-state index >= 15 is 0 Å². The fourth-order valence-corrected chi connectivity index (χ4v) is 2.98. The molecule has 1 aliphatic rings.